The van der Waals surface area contributed by atoms with Crippen LogP contribution >= 0.6 is 0 Å². The monoisotopic (exact) mass is 600 g/mol. The van der Waals surface area contributed by atoms with E-state index in [2.05, 4.69) is 150 Å². The Kier molecular flexibility index (Phi) is 12.6. The summed E-state index contributed by atoms with van der Waals surface area (Å²) in [7, 11) is 0. The molecule has 0 aliphatic heterocycles. The average Bonchev–Trinajstić information content (AvgIpc) is 3.56. The Morgan fingerprint density at radius 1 is 0.615 bits per heavy atom. The van der Waals surface area contributed by atoms with Gasteiger partial charge in [0, 0.05) is 0 Å². The van der Waals surface area contributed by atoms with Crippen LogP contribution in [0, 0.1) is 28.7 Å². The zero-order valence-electron chi connectivity index (χ0n) is 24.0. The van der Waals surface area contributed by atoms with Crippen LogP contribution in [0.1, 0.15) is 36.5 Å². The average molecular weight is 602 g/mol. The maximum atomic E-state index is 3.06. The van der Waals surface area contributed by atoms with Gasteiger partial charge >= 0.3 is 30.2 Å². The van der Waals surface area contributed by atoms with Gasteiger partial charge in [0.15, 0.2) is 0 Å². The molecule has 0 N–H and O–H groups in total. The Balaban J connectivity index is 0.000000246. The predicted octanol–water partition coefficient (Wildman–Crippen LogP) is 10.7. The van der Waals surface area contributed by atoms with Crippen molar-refractivity contribution in [3.63, 3.8) is 0 Å². The molecule has 0 nitrogen and oxygen atoms in total. The third-order valence-corrected chi connectivity index (χ3v) is 6.86. The van der Waals surface area contributed by atoms with E-state index in [9.17, 15) is 0 Å². The van der Waals surface area contributed by atoms with Gasteiger partial charge in [0.05, 0.1) is 0 Å². The van der Waals surface area contributed by atoms with Crippen molar-refractivity contribution in [1.82, 2.24) is 0 Å². The van der Waals surface area contributed by atoms with Gasteiger partial charge in [0.25, 0.3) is 0 Å². The van der Waals surface area contributed by atoms with Gasteiger partial charge < -0.3 is 14.9 Å². The Morgan fingerprint density at radius 3 is 1.74 bits per heavy atom. The molecule has 6 rings (SSSR count). The van der Waals surface area contributed by atoms with Crippen molar-refractivity contribution in [2.75, 3.05) is 0 Å². The Hall–Kier alpha value is -2.80. The second-order valence-corrected chi connectivity index (χ2v) is 9.77. The third kappa shape index (κ3) is 7.44. The van der Waals surface area contributed by atoms with Crippen molar-refractivity contribution in [1.29, 1.82) is 0 Å². The van der Waals surface area contributed by atoms with Crippen LogP contribution in [-0.2, 0) is 23.3 Å². The van der Waals surface area contributed by atoms with Gasteiger partial charge in [-0.05, 0) is 17.0 Å². The van der Waals surface area contributed by atoms with E-state index in [4.69, 9.17) is 0 Å². The van der Waals surface area contributed by atoms with Gasteiger partial charge in [-0.1, -0.05) is 112 Å². The molecule has 0 saturated carbocycles. The van der Waals surface area contributed by atoms with Crippen LogP contribution in [0.25, 0.3) is 43.8 Å². The standard InChI is InChI=1S/C18H17.C17H15.2CH3.Si.Zr/c1-13(2)16-11-15-9-6-10-17(18(15)12-16)14-7-4-3-5-8-14;1-12-10-16-13(2)8-9-15(17(16)11-12)14-6-4-3-5-7-14;;;;/h3-13H,1-2H3;3-11H,1-2H3;2*1H3;;/q4*-1;;. The fourth-order valence-corrected chi connectivity index (χ4v) is 4.92. The Bertz CT molecular complexity index is 1590. The summed E-state index contributed by atoms with van der Waals surface area (Å²) in [5.41, 5.74) is 9.37. The zero-order chi connectivity index (χ0) is 26.4. The van der Waals surface area contributed by atoms with Crippen molar-refractivity contribution < 1.29 is 23.3 Å². The van der Waals surface area contributed by atoms with Gasteiger partial charge in [-0.15, -0.1) is 68.6 Å². The summed E-state index contributed by atoms with van der Waals surface area (Å²) in [4.78, 5) is 0. The fourth-order valence-electron chi connectivity index (χ4n) is 4.92. The molecule has 39 heavy (non-hydrogen) atoms. The van der Waals surface area contributed by atoms with Crippen molar-refractivity contribution in [2.45, 2.75) is 33.6 Å². The van der Waals surface area contributed by atoms with Gasteiger partial charge in [-0.2, -0.15) is 12.1 Å². The molecule has 0 spiro atoms. The summed E-state index contributed by atoms with van der Waals surface area (Å²) >= 11 is 1.36. The first-order chi connectivity index (χ1) is 18.0. The molecule has 0 heterocycles. The maximum absolute atomic E-state index is 3.06. The molecule has 0 aromatic heterocycles. The van der Waals surface area contributed by atoms with Crippen LogP contribution in [0.4, 0.5) is 0 Å². The molecular weight excluding hydrogens is 564 g/mol. The number of fused-ring (bicyclic) bond motifs is 2. The molecule has 0 amide bonds. The molecular formula is C37H38SiZr-4. The van der Waals surface area contributed by atoms with Crippen molar-refractivity contribution in [3.8, 4) is 22.3 Å². The molecule has 0 saturated heterocycles. The molecule has 0 aliphatic rings. The molecule has 0 fully saturated rings. The van der Waals surface area contributed by atoms with Crippen molar-refractivity contribution >= 4 is 28.4 Å². The molecule has 0 unspecified atom stereocenters. The van der Waals surface area contributed by atoms with E-state index in [0.717, 1.165) is 0 Å². The fraction of sp³-hybridized carbons (Fsp3) is 0.135. The Morgan fingerprint density at radius 2 is 1.18 bits per heavy atom. The minimum atomic E-state index is 0. The number of aryl methyl sites for hydroxylation is 2. The van der Waals surface area contributed by atoms with Crippen LogP contribution in [0.5, 0.6) is 0 Å². The van der Waals surface area contributed by atoms with E-state index in [0.29, 0.717) is 5.92 Å². The molecule has 2 radical (unpaired) electrons. The van der Waals surface area contributed by atoms with Crippen molar-refractivity contribution in [3.05, 3.63) is 147 Å². The predicted molar refractivity (Wildman–Crippen MR) is 172 cm³/mol. The summed E-state index contributed by atoms with van der Waals surface area (Å²) in [6, 6.07) is 41.4. The molecule has 0 aliphatic carbocycles. The van der Waals surface area contributed by atoms with E-state index < -0.39 is 0 Å². The summed E-state index contributed by atoms with van der Waals surface area (Å²) in [6.45, 7) is 11.9. The first-order valence-corrected chi connectivity index (χ1v) is 16.9. The molecule has 198 valence electrons. The van der Waals surface area contributed by atoms with Gasteiger partial charge in [-0.3, -0.25) is 0 Å². The van der Waals surface area contributed by atoms with Gasteiger partial charge in [0.2, 0.25) is 0 Å². The summed E-state index contributed by atoms with van der Waals surface area (Å²) in [5, 5.41) is 5.46. The van der Waals surface area contributed by atoms with Crippen LogP contribution < -0.4 is 0 Å². The summed E-state index contributed by atoms with van der Waals surface area (Å²) in [6.07, 6.45) is 0. The van der Waals surface area contributed by atoms with E-state index in [1.54, 1.807) is 0 Å². The molecule has 6 aromatic carbocycles. The summed E-state index contributed by atoms with van der Waals surface area (Å²) in [5.74, 6) is 0.584. The van der Waals surface area contributed by atoms with Crippen LogP contribution in [0.2, 0.25) is 0 Å². The first kappa shape index (κ1) is 32.4. The summed E-state index contributed by atoms with van der Waals surface area (Å²) < 4.78 is 0. The van der Waals surface area contributed by atoms with Crippen LogP contribution in [-0.4, -0.2) is 6.88 Å². The number of hydrogen-bond acceptors (Lipinski definition) is 0. The molecule has 0 bridgehead atoms. The van der Waals surface area contributed by atoms with Crippen LogP contribution in [0.15, 0.2) is 115 Å². The SMILES string of the molecule is CC(C)c1cc2c(-c3ccccc3)cccc2[cH-]1.Cc1cc2c(-c3ccccc3)ccc(C)c2[cH-]1.[CH3-].[CH3-].[Si]=[Zr]. The number of hydrogen-bond donors (Lipinski definition) is 0. The first-order valence-electron chi connectivity index (χ1n) is 12.7. The van der Waals surface area contributed by atoms with Crippen molar-refractivity contribution in [2.24, 2.45) is 0 Å². The van der Waals surface area contributed by atoms with E-state index in [1.165, 1.54) is 83.8 Å². The van der Waals surface area contributed by atoms with E-state index >= 15 is 0 Å². The topological polar surface area (TPSA) is 0 Å². The molecule has 2 heteroatoms. The van der Waals surface area contributed by atoms with Gasteiger partial charge in [0.1, 0.15) is 0 Å². The normalized spacial score (nSPS) is 10.1. The quantitative estimate of drug-likeness (QED) is 0.140. The zero-order valence-corrected chi connectivity index (χ0v) is 27.5. The number of rotatable bonds is 3. The van der Waals surface area contributed by atoms with E-state index in [1.807, 2.05) is 0 Å². The van der Waals surface area contributed by atoms with Crippen LogP contribution in [0.3, 0.4) is 0 Å². The second kappa shape index (κ2) is 15.1. The van der Waals surface area contributed by atoms with Gasteiger partial charge in [-0.25, -0.2) is 0 Å². The third-order valence-electron chi connectivity index (χ3n) is 6.86. The second-order valence-electron chi connectivity index (χ2n) is 9.77. The number of benzene rings is 4. The Labute approximate surface area is 253 Å². The molecule has 6 aromatic rings. The van der Waals surface area contributed by atoms with E-state index in [-0.39, 0.29) is 14.9 Å². The minimum absolute atomic E-state index is 0. The molecule has 0 atom stereocenters.